The summed E-state index contributed by atoms with van der Waals surface area (Å²) in [5, 5.41) is 3.41. The molecule has 0 atom stereocenters. The summed E-state index contributed by atoms with van der Waals surface area (Å²) in [5.41, 5.74) is -0.295. The number of aromatic nitrogens is 1. The van der Waals surface area contributed by atoms with E-state index in [4.69, 9.17) is 0 Å². The number of nitrogens with one attached hydrogen (secondary N) is 1. The second-order valence-electron chi connectivity index (χ2n) is 3.65. The predicted molar refractivity (Wildman–Crippen MR) is 64.4 cm³/mol. The lowest BCUT2D eigenvalue weighted by Crippen LogP contribution is -2.23. The number of carbonyl (C=O) groups is 1. The largest absolute Gasteiger partial charge is 0.347 e. The van der Waals surface area contributed by atoms with Gasteiger partial charge >= 0.3 is 0 Å². The molecule has 0 aliphatic heterocycles. The summed E-state index contributed by atoms with van der Waals surface area (Å²) in [5.74, 6) is -2.03. The Labute approximate surface area is 106 Å². The molecule has 0 spiro atoms. The van der Waals surface area contributed by atoms with Crippen LogP contribution < -0.4 is 5.32 Å². The van der Waals surface area contributed by atoms with Crippen molar-refractivity contribution < 1.29 is 13.6 Å². The molecule has 3 nitrogen and oxygen atoms in total. The minimum atomic E-state index is -0.741. The first-order valence-corrected chi connectivity index (χ1v) is 6.02. The predicted octanol–water partition coefficient (Wildman–Crippen LogP) is 2.66. The summed E-state index contributed by atoms with van der Waals surface area (Å²) in [6, 6.07) is 2.78. The van der Waals surface area contributed by atoms with Crippen LogP contribution in [0.5, 0.6) is 0 Å². The van der Waals surface area contributed by atoms with Crippen molar-refractivity contribution in [3.8, 4) is 0 Å². The number of benzene rings is 1. The number of nitrogens with zero attached hydrogens (tertiary/aromatic N) is 1. The highest BCUT2D eigenvalue weighted by atomic mass is 32.1. The number of thiazole rings is 1. The van der Waals surface area contributed by atoms with Crippen molar-refractivity contribution in [3.05, 3.63) is 51.5 Å². The van der Waals surface area contributed by atoms with E-state index in [0.29, 0.717) is 0 Å². The highest BCUT2D eigenvalue weighted by Crippen LogP contribution is 2.12. The number of amides is 1. The average molecular weight is 268 g/mol. The Balaban J connectivity index is 2.05. The first kappa shape index (κ1) is 12.6. The van der Waals surface area contributed by atoms with Gasteiger partial charge in [0.2, 0.25) is 0 Å². The number of rotatable bonds is 3. The molecule has 6 heteroatoms. The van der Waals surface area contributed by atoms with Crippen LogP contribution in [-0.4, -0.2) is 10.9 Å². The molecular weight excluding hydrogens is 258 g/mol. The van der Waals surface area contributed by atoms with Crippen molar-refractivity contribution in [3.63, 3.8) is 0 Å². The van der Waals surface area contributed by atoms with Gasteiger partial charge in [0.1, 0.15) is 11.6 Å². The zero-order valence-corrected chi connectivity index (χ0v) is 10.4. The molecule has 1 aromatic carbocycles. The third-order valence-electron chi connectivity index (χ3n) is 2.27. The Morgan fingerprint density at radius 3 is 2.89 bits per heavy atom. The van der Waals surface area contributed by atoms with Crippen LogP contribution in [-0.2, 0) is 6.54 Å². The van der Waals surface area contributed by atoms with Crippen LogP contribution in [0, 0.1) is 18.6 Å². The lowest BCUT2D eigenvalue weighted by molar-refractivity contribution is 0.0946. The highest BCUT2D eigenvalue weighted by molar-refractivity contribution is 7.11. The summed E-state index contributed by atoms with van der Waals surface area (Å²) < 4.78 is 26.2. The molecule has 0 fully saturated rings. The van der Waals surface area contributed by atoms with Crippen LogP contribution in [0.3, 0.4) is 0 Å². The molecule has 0 aliphatic rings. The van der Waals surface area contributed by atoms with Crippen molar-refractivity contribution in [2.24, 2.45) is 0 Å². The zero-order chi connectivity index (χ0) is 13.1. The van der Waals surface area contributed by atoms with E-state index in [2.05, 4.69) is 10.3 Å². The van der Waals surface area contributed by atoms with Crippen LogP contribution in [0.4, 0.5) is 8.78 Å². The molecule has 0 radical (unpaired) electrons. The monoisotopic (exact) mass is 268 g/mol. The minimum Gasteiger partial charge on any atom is -0.347 e. The molecule has 1 amide bonds. The molecule has 2 rings (SSSR count). The number of halogens is 2. The maximum absolute atomic E-state index is 13.3. The highest BCUT2D eigenvalue weighted by Gasteiger charge is 2.12. The van der Waals surface area contributed by atoms with Gasteiger partial charge in [-0.15, -0.1) is 11.3 Å². The molecule has 1 heterocycles. The van der Waals surface area contributed by atoms with Gasteiger partial charge in [0.05, 0.1) is 17.1 Å². The number of carbonyl (C=O) groups excluding carboxylic acids is 1. The summed E-state index contributed by atoms with van der Waals surface area (Å²) in [6.45, 7) is 2.10. The molecule has 0 saturated heterocycles. The van der Waals surface area contributed by atoms with Crippen molar-refractivity contribution in [2.75, 3.05) is 0 Å². The van der Waals surface area contributed by atoms with Crippen LogP contribution in [0.2, 0.25) is 0 Å². The van der Waals surface area contributed by atoms with Gasteiger partial charge in [0, 0.05) is 11.1 Å². The first-order valence-electron chi connectivity index (χ1n) is 5.21. The Morgan fingerprint density at radius 2 is 2.22 bits per heavy atom. The topological polar surface area (TPSA) is 42.0 Å². The SMILES string of the molecule is Cc1ncc(CNC(=O)c2cc(F)ccc2F)s1. The molecule has 0 saturated carbocycles. The van der Waals surface area contributed by atoms with E-state index in [1.54, 1.807) is 6.20 Å². The quantitative estimate of drug-likeness (QED) is 0.929. The lowest BCUT2D eigenvalue weighted by Gasteiger charge is -2.04. The lowest BCUT2D eigenvalue weighted by atomic mass is 10.2. The van der Waals surface area contributed by atoms with Crippen LogP contribution in [0.25, 0.3) is 0 Å². The second-order valence-corrected chi connectivity index (χ2v) is 4.97. The van der Waals surface area contributed by atoms with Crippen LogP contribution >= 0.6 is 11.3 Å². The number of hydrogen-bond acceptors (Lipinski definition) is 3. The smallest absolute Gasteiger partial charge is 0.254 e. The Bertz CT molecular complexity index is 583. The normalized spacial score (nSPS) is 10.4. The molecule has 1 N–H and O–H groups in total. The van der Waals surface area contributed by atoms with E-state index in [0.717, 1.165) is 28.1 Å². The van der Waals surface area contributed by atoms with Crippen molar-refractivity contribution in [2.45, 2.75) is 13.5 Å². The molecule has 0 unspecified atom stereocenters. The van der Waals surface area contributed by atoms with Crippen molar-refractivity contribution in [1.82, 2.24) is 10.3 Å². The average Bonchev–Trinajstić information content (AvgIpc) is 2.75. The first-order chi connectivity index (χ1) is 8.56. The Hall–Kier alpha value is -1.82. The summed E-state index contributed by atoms with van der Waals surface area (Å²) in [4.78, 5) is 16.6. The van der Waals surface area contributed by atoms with Gasteiger partial charge in [-0.25, -0.2) is 13.8 Å². The van der Waals surface area contributed by atoms with Gasteiger partial charge < -0.3 is 5.32 Å². The van der Waals surface area contributed by atoms with E-state index in [-0.39, 0.29) is 12.1 Å². The van der Waals surface area contributed by atoms with E-state index in [1.165, 1.54) is 11.3 Å². The third-order valence-corrected chi connectivity index (χ3v) is 3.18. The van der Waals surface area contributed by atoms with Gasteiger partial charge in [-0.3, -0.25) is 4.79 Å². The summed E-state index contributed by atoms with van der Waals surface area (Å²) in [7, 11) is 0. The van der Waals surface area contributed by atoms with E-state index in [9.17, 15) is 13.6 Å². The molecule has 18 heavy (non-hydrogen) atoms. The third kappa shape index (κ3) is 2.89. The minimum absolute atomic E-state index is 0.250. The second kappa shape index (κ2) is 5.22. The van der Waals surface area contributed by atoms with Gasteiger partial charge in [0.25, 0.3) is 5.91 Å². The maximum atomic E-state index is 13.3. The molecule has 94 valence electrons. The standard InChI is InChI=1S/C12H10F2N2OS/c1-7-15-5-9(18-7)6-16-12(17)10-4-8(13)2-3-11(10)14/h2-5H,6H2,1H3,(H,16,17). The summed E-state index contributed by atoms with van der Waals surface area (Å²) >= 11 is 1.44. The van der Waals surface area contributed by atoms with Crippen LogP contribution in [0.15, 0.2) is 24.4 Å². The van der Waals surface area contributed by atoms with E-state index >= 15 is 0 Å². The molecule has 1 aromatic heterocycles. The fourth-order valence-corrected chi connectivity index (χ4v) is 2.16. The molecular formula is C12H10F2N2OS. The van der Waals surface area contributed by atoms with E-state index < -0.39 is 17.5 Å². The fraction of sp³-hybridized carbons (Fsp3) is 0.167. The zero-order valence-electron chi connectivity index (χ0n) is 9.54. The molecule has 2 aromatic rings. The number of hydrogen-bond donors (Lipinski definition) is 1. The van der Waals surface area contributed by atoms with Gasteiger partial charge in [0.15, 0.2) is 0 Å². The van der Waals surface area contributed by atoms with Crippen LogP contribution in [0.1, 0.15) is 20.2 Å². The maximum Gasteiger partial charge on any atom is 0.254 e. The fourth-order valence-electron chi connectivity index (χ4n) is 1.42. The van der Waals surface area contributed by atoms with Gasteiger partial charge in [-0.05, 0) is 25.1 Å². The van der Waals surface area contributed by atoms with Crippen molar-refractivity contribution in [1.29, 1.82) is 0 Å². The number of aryl methyl sites for hydroxylation is 1. The van der Waals surface area contributed by atoms with E-state index in [1.807, 2.05) is 6.92 Å². The van der Waals surface area contributed by atoms with Gasteiger partial charge in [-0.1, -0.05) is 0 Å². The Kier molecular flexibility index (Phi) is 3.66. The summed E-state index contributed by atoms with van der Waals surface area (Å²) in [6.07, 6.45) is 1.64. The van der Waals surface area contributed by atoms with Gasteiger partial charge in [-0.2, -0.15) is 0 Å². The molecule has 0 bridgehead atoms. The van der Waals surface area contributed by atoms with Crippen molar-refractivity contribution >= 4 is 17.2 Å². The Morgan fingerprint density at radius 1 is 1.44 bits per heavy atom. The molecule has 0 aliphatic carbocycles.